The van der Waals surface area contributed by atoms with Crippen molar-refractivity contribution in [2.24, 2.45) is 11.8 Å². The third-order valence-electron chi connectivity index (χ3n) is 3.60. The van der Waals surface area contributed by atoms with E-state index >= 15 is 0 Å². The minimum absolute atomic E-state index is 0.466. The number of hydrogen-bond donors (Lipinski definition) is 0. The van der Waals surface area contributed by atoms with Crippen LogP contribution >= 0.6 is 0 Å². The van der Waals surface area contributed by atoms with E-state index in [1.165, 1.54) is 25.7 Å². The molecule has 0 N–H and O–H groups in total. The molecule has 4 unspecified atom stereocenters. The van der Waals surface area contributed by atoms with Gasteiger partial charge in [0, 0.05) is 12.5 Å². The zero-order valence-corrected chi connectivity index (χ0v) is 9.37. The smallest absolute Gasteiger partial charge is 0.0625 e. The number of hydrogen-bond acceptors (Lipinski definition) is 2. The molecule has 0 aromatic heterocycles. The molecule has 2 fully saturated rings. The fourth-order valence-electron chi connectivity index (χ4n) is 2.47. The van der Waals surface area contributed by atoms with E-state index in [2.05, 4.69) is 13.8 Å². The van der Waals surface area contributed by atoms with Crippen molar-refractivity contribution >= 4 is 0 Å². The highest BCUT2D eigenvalue weighted by atomic mass is 16.5. The van der Waals surface area contributed by atoms with E-state index in [0.717, 1.165) is 19.1 Å². The highest BCUT2D eigenvalue weighted by Gasteiger charge is 2.29. The van der Waals surface area contributed by atoms with Crippen LogP contribution in [0.25, 0.3) is 0 Å². The SMILES string of the molecule is CC1CCC(C2CCC(C)OC2)OC1. The Morgan fingerprint density at radius 1 is 0.857 bits per heavy atom. The first-order valence-electron chi connectivity index (χ1n) is 5.99. The molecule has 4 atom stereocenters. The molecule has 0 bridgehead atoms. The van der Waals surface area contributed by atoms with E-state index in [-0.39, 0.29) is 0 Å². The van der Waals surface area contributed by atoms with Gasteiger partial charge in [0.1, 0.15) is 0 Å². The Morgan fingerprint density at radius 3 is 2.29 bits per heavy atom. The molecule has 0 aliphatic carbocycles. The summed E-state index contributed by atoms with van der Waals surface area (Å²) in [7, 11) is 0. The van der Waals surface area contributed by atoms with Gasteiger partial charge in [0.25, 0.3) is 0 Å². The summed E-state index contributed by atoms with van der Waals surface area (Å²) in [6.45, 7) is 6.31. The molecule has 82 valence electrons. The average Bonchev–Trinajstić information content (AvgIpc) is 2.21. The largest absolute Gasteiger partial charge is 0.378 e. The Labute approximate surface area is 87.0 Å². The molecular weight excluding hydrogens is 176 g/mol. The molecule has 2 saturated heterocycles. The lowest BCUT2D eigenvalue weighted by molar-refractivity contribution is -0.0969. The quantitative estimate of drug-likeness (QED) is 0.645. The van der Waals surface area contributed by atoms with Crippen molar-refractivity contribution in [2.45, 2.75) is 51.7 Å². The molecule has 2 heterocycles. The Morgan fingerprint density at radius 2 is 1.71 bits per heavy atom. The maximum absolute atomic E-state index is 5.88. The average molecular weight is 198 g/mol. The summed E-state index contributed by atoms with van der Waals surface area (Å²) in [4.78, 5) is 0. The van der Waals surface area contributed by atoms with Crippen LogP contribution in [0.15, 0.2) is 0 Å². The maximum Gasteiger partial charge on any atom is 0.0625 e. The number of rotatable bonds is 1. The summed E-state index contributed by atoms with van der Waals surface area (Å²) in [6.07, 6.45) is 6.02. The molecule has 14 heavy (non-hydrogen) atoms. The third-order valence-corrected chi connectivity index (χ3v) is 3.60. The Hall–Kier alpha value is -0.0800. The molecule has 0 aromatic rings. The summed E-state index contributed by atoms with van der Waals surface area (Å²) < 4.78 is 11.6. The van der Waals surface area contributed by atoms with Crippen molar-refractivity contribution < 1.29 is 9.47 Å². The van der Waals surface area contributed by atoms with Gasteiger partial charge in [0.05, 0.1) is 18.8 Å². The molecule has 2 aliphatic heterocycles. The first-order chi connectivity index (χ1) is 6.75. The van der Waals surface area contributed by atoms with Crippen LogP contribution in [-0.4, -0.2) is 25.4 Å². The molecular formula is C12H22O2. The van der Waals surface area contributed by atoms with Crippen molar-refractivity contribution in [3.63, 3.8) is 0 Å². The lowest BCUT2D eigenvalue weighted by Gasteiger charge is -2.36. The normalized spacial score (nSPS) is 45.0. The first kappa shape index (κ1) is 10.4. The monoisotopic (exact) mass is 198 g/mol. The summed E-state index contributed by atoms with van der Waals surface area (Å²) in [6, 6.07) is 0. The molecule has 0 aromatic carbocycles. The highest BCUT2D eigenvalue weighted by Crippen LogP contribution is 2.29. The van der Waals surface area contributed by atoms with Crippen molar-refractivity contribution in [2.75, 3.05) is 13.2 Å². The standard InChI is InChI=1S/C12H22O2/c1-9-3-6-12(14-7-9)11-5-4-10(2)13-8-11/h9-12H,3-8H2,1-2H3. The Kier molecular flexibility index (Phi) is 3.45. The topological polar surface area (TPSA) is 18.5 Å². The second-order valence-corrected chi connectivity index (χ2v) is 5.04. The Balaban J connectivity index is 1.78. The van der Waals surface area contributed by atoms with E-state index in [1.54, 1.807) is 0 Å². The van der Waals surface area contributed by atoms with E-state index in [9.17, 15) is 0 Å². The first-order valence-corrected chi connectivity index (χ1v) is 5.99. The predicted octanol–water partition coefficient (Wildman–Crippen LogP) is 2.62. The molecule has 0 amide bonds. The van der Waals surface area contributed by atoms with Gasteiger partial charge in [-0.3, -0.25) is 0 Å². The van der Waals surface area contributed by atoms with Gasteiger partial charge in [-0.05, 0) is 38.5 Å². The van der Waals surface area contributed by atoms with Crippen LogP contribution in [-0.2, 0) is 9.47 Å². The van der Waals surface area contributed by atoms with Gasteiger partial charge in [-0.1, -0.05) is 6.92 Å². The van der Waals surface area contributed by atoms with Gasteiger partial charge in [-0.25, -0.2) is 0 Å². The minimum Gasteiger partial charge on any atom is -0.378 e. The van der Waals surface area contributed by atoms with Gasteiger partial charge in [0.2, 0.25) is 0 Å². The van der Waals surface area contributed by atoms with Crippen LogP contribution in [0.4, 0.5) is 0 Å². The van der Waals surface area contributed by atoms with Crippen LogP contribution in [0.5, 0.6) is 0 Å². The van der Waals surface area contributed by atoms with E-state index in [1.807, 2.05) is 0 Å². The van der Waals surface area contributed by atoms with Crippen LogP contribution < -0.4 is 0 Å². The Bertz CT molecular complexity index is 145. The van der Waals surface area contributed by atoms with Gasteiger partial charge >= 0.3 is 0 Å². The lowest BCUT2D eigenvalue weighted by atomic mass is 9.87. The molecule has 0 saturated carbocycles. The lowest BCUT2D eigenvalue weighted by Crippen LogP contribution is -2.37. The molecule has 0 radical (unpaired) electrons. The van der Waals surface area contributed by atoms with E-state index in [4.69, 9.17) is 9.47 Å². The van der Waals surface area contributed by atoms with Crippen molar-refractivity contribution in [3.8, 4) is 0 Å². The number of ether oxygens (including phenoxy) is 2. The zero-order chi connectivity index (χ0) is 9.97. The van der Waals surface area contributed by atoms with Crippen LogP contribution in [0, 0.1) is 11.8 Å². The molecule has 2 rings (SSSR count). The fourth-order valence-corrected chi connectivity index (χ4v) is 2.47. The summed E-state index contributed by atoms with van der Waals surface area (Å²) in [5.41, 5.74) is 0. The van der Waals surface area contributed by atoms with E-state index < -0.39 is 0 Å². The molecule has 2 aliphatic rings. The molecule has 2 nitrogen and oxygen atoms in total. The third kappa shape index (κ3) is 2.48. The van der Waals surface area contributed by atoms with Crippen LogP contribution in [0.1, 0.15) is 39.5 Å². The highest BCUT2D eigenvalue weighted by molar-refractivity contribution is 4.78. The summed E-state index contributed by atoms with van der Waals surface area (Å²) >= 11 is 0. The van der Waals surface area contributed by atoms with Crippen LogP contribution in [0.2, 0.25) is 0 Å². The zero-order valence-electron chi connectivity index (χ0n) is 9.37. The second-order valence-electron chi connectivity index (χ2n) is 5.04. The second kappa shape index (κ2) is 4.63. The summed E-state index contributed by atoms with van der Waals surface area (Å²) in [5.74, 6) is 1.42. The van der Waals surface area contributed by atoms with E-state index in [0.29, 0.717) is 18.1 Å². The van der Waals surface area contributed by atoms with Gasteiger partial charge < -0.3 is 9.47 Å². The minimum atomic E-state index is 0.466. The van der Waals surface area contributed by atoms with Gasteiger partial charge in [-0.15, -0.1) is 0 Å². The van der Waals surface area contributed by atoms with Gasteiger partial charge in [-0.2, -0.15) is 0 Å². The van der Waals surface area contributed by atoms with Crippen LogP contribution in [0.3, 0.4) is 0 Å². The van der Waals surface area contributed by atoms with Crippen molar-refractivity contribution in [3.05, 3.63) is 0 Å². The predicted molar refractivity (Wildman–Crippen MR) is 56.3 cm³/mol. The molecule has 0 spiro atoms. The fraction of sp³-hybridized carbons (Fsp3) is 1.00. The molecule has 2 heteroatoms. The van der Waals surface area contributed by atoms with Crippen molar-refractivity contribution in [1.82, 2.24) is 0 Å². The van der Waals surface area contributed by atoms with Crippen molar-refractivity contribution in [1.29, 1.82) is 0 Å². The maximum atomic E-state index is 5.88. The van der Waals surface area contributed by atoms with Gasteiger partial charge in [0.15, 0.2) is 0 Å². The summed E-state index contributed by atoms with van der Waals surface area (Å²) in [5, 5.41) is 0.